The van der Waals surface area contributed by atoms with E-state index in [9.17, 15) is 4.39 Å². The summed E-state index contributed by atoms with van der Waals surface area (Å²) in [6, 6.07) is 28.1. The highest BCUT2D eigenvalue weighted by Crippen LogP contribution is 2.32. The third-order valence-corrected chi connectivity index (χ3v) is 4.75. The van der Waals surface area contributed by atoms with Crippen molar-refractivity contribution in [2.24, 2.45) is 0 Å². The molecule has 0 aliphatic carbocycles. The zero-order chi connectivity index (χ0) is 21.5. The van der Waals surface area contributed by atoms with Gasteiger partial charge in [-0.1, -0.05) is 73.3 Å². The lowest BCUT2D eigenvalue weighted by Gasteiger charge is -2.14. The fourth-order valence-corrected chi connectivity index (χ4v) is 3.18. The van der Waals surface area contributed by atoms with Crippen LogP contribution in [0.2, 0.25) is 0 Å². The summed E-state index contributed by atoms with van der Waals surface area (Å²) in [6.07, 6.45) is 1.61. The van der Waals surface area contributed by atoms with E-state index in [1.165, 1.54) is 12.1 Å². The van der Waals surface area contributed by atoms with Gasteiger partial charge in [-0.2, -0.15) is 4.98 Å². The second-order valence-electron chi connectivity index (χ2n) is 7.03. The van der Waals surface area contributed by atoms with Crippen LogP contribution in [0.15, 0.2) is 97.6 Å². The molecule has 0 radical (unpaired) electrons. The van der Waals surface area contributed by atoms with E-state index >= 15 is 0 Å². The molecule has 1 heterocycles. The summed E-state index contributed by atoms with van der Waals surface area (Å²) >= 11 is 0. The highest BCUT2D eigenvalue weighted by molar-refractivity contribution is 5.71. The van der Waals surface area contributed by atoms with Gasteiger partial charge in [0.15, 0.2) is 0 Å². The standard InChI is InChI=1S/C27H22FNO2/c1-2-20-15-23(17-24(28)16-20)25-13-14-26(30-18-21-9-5-3-6-10-21)29-27(25)31-19-22-11-7-4-8-12-22/h2-17H,1,18-19H2. The molecule has 4 rings (SSSR count). The minimum Gasteiger partial charge on any atom is -0.473 e. The van der Waals surface area contributed by atoms with Crippen molar-refractivity contribution in [2.45, 2.75) is 13.2 Å². The Morgan fingerprint density at radius 3 is 2.06 bits per heavy atom. The predicted octanol–water partition coefficient (Wildman–Crippen LogP) is 6.69. The molecule has 0 fully saturated rings. The zero-order valence-corrected chi connectivity index (χ0v) is 17.0. The van der Waals surface area contributed by atoms with E-state index in [-0.39, 0.29) is 5.82 Å². The number of rotatable bonds is 8. The van der Waals surface area contributed by atoms with Crippen molar-refractivity contribution in [3.63, 3.8) is 0 Å². The summed E-state index contributed by atoms with van der Waals surface area (Å²) in [7, 11) is 0. The Balaban J connectivity index is 1.64. The molecule has 0 saturated heterocycles. The molecule has 0 atom stereocenters. The number of pyridine rings is 1. The SMILES string of the molecule is C=Cc1cc(F)cc(-c2ccc(OCc3ccccc3)nc2OCc2ccccc2)c1. The average Bonchev–Trinajstić information content (AvgIpc) is 2.82. The summed E-state index contributed by atoms with van der Waals surface area (Å²) in [5, 5.41) is 0. The van der Waals surface area contributed by atoms with E-state index in [1.807, 2.05) is 72.8 Å². The average molecular weight is 411 g/mol. The first kappa shape index (κ1) is 20.4. The van der Waals surface area contributed by atoms with E-state index in [0.717, 1.165) is 11.1 Å². The molecule has 0 spiro atoms. The lowest BCUT2D eigenvalue weighted by Crippen LogP contribution is -2.02. The van der Waals surface area contributed by atoms with E-state index in [0.29, 0.717) is 41.7 Å². The molecule has 31 heavy (non-hydrogen) atoms. The Morgan fingerprint density at radius 2 is 1.42 bits per heavy atom. The highest BCUT2D eigenvalue weighted by Gasteiger charge is 2.13. The van der Waals surface area contributed by atoms with Crippen LogP contribution in [0.4, 0.5) is 4.39 Å². The van der Waals surface area contributed by atoms with Crippen molar-refractivity contribution in [2.75, 3.05) is 0 Å². The second-order valence-corrected chi connectivity index (χ2v) is 7.03. The monoisotopic (exact) mass is 411 g/mol. The minimum absolute atomic E-state index is 0.340. The molecule has 4 heteroatoms. The van der Waals surface area contributed by atoms with Gasteiger partial charge in [-0.25, -0.2) is 4.39 Å². The molecule has 0 bridgehead atoms. The fourth-order valence-electron chi connectivity index (χ4n) is 3.18. The number of ether oxygens (including phenoxy) is 2. The van der Waals surface area contributed by atoms with Crippen LogP contribution in [0.1, 0.15) is 16.7 Å². The molecule has 0 aliphatic rings. The molecule has 154 valence electrons. The lowest BCUT2D eigenvalue weighted by molar-refractivity contribution is 0.268. The van der Waals surface area contributed by atoms with Gasteiger partial charge in [0.25, 0.3) is 0 Å². The molecule has 4 aromatic rings. The molecule has 1 aromatic heterocycles. The van der Waals surface area contributed by atoms with Crippen LogP contribution < -0.4 is 9.47 Å². The Bertz CT molecular complexity index is 1160. The van der Waals surface area contributed by atoms with Gasteiger partial charge in [-0.05, 0) is 46.5 Å². The van der Waals surface area contributed by atoms with Gasteiger partial charge in [0.05, 0.1) is 0 Å². The van der Waals surface area contributed by atoms with E-state index in [4.69, 9.17) is 9.47 Å². The van der Waals surface area contributed by atoms with Crippen molar-refractivity contribution in [3.8, 4) is 22.9 Å². The van der Waals surface area contributed by atoms with Crippen molar-refractivity contribution in [1.82, 2.24) is 4.98 Å². The van der Waals surface area contributed by atoms with E-state index in [1.54, 1.807) is 12.1 Å². The summed E-state index contributed by atoms with van der Waals surface area (Å²) in [5.74, 6) is 0.483. The van der Waals surface area contributed by atoms with Crippen molar-refractivity contribution >= 4 is 6.08 Å². The molecule has 0 unspecified atom stereocenters. The van der Waals surface area contributed by atoms with Gasteiger partial charge in [0.2, 0.25) is 11.8 Å². The maximum Gasteiger partial charge on any atom is 0.225 e. The van der Waals surface area contributed by atoms with Gasteiger partial charge in [0.1, 0.15) is 19.0 Å². The first-order chi connectivity index (χ1) is 15.2. The summed E-state index contributed by atoms with van der Waals surface area (Å²) in [6.45, 7) is 4.47. The van der Waals surface area contributed by atoms with Crippen LogP contribution >= 0.6 is 0 Å². The summed E-state index contributed by atoms with van der Waals surface area (Å²) in [5.41, 5.74) is 4.09. The van der Waals surface area contributed by atoms with Crippen molar-refractivity contribution in [3.05, 3.63) is 120 Å². The maximum absolute atomic E-state index is 14.1. The van der Waals surface area contributed by atoms with Crippen LogP contribution in [0.5, 0.6) is 11.8 Å². The van der Waals surface area contributed by atoms with Crippen LogP contribution in [0.25, 0.3) is 17.2 Å². The van der Waals surface area contributed by atoms with Crippen LogP contribution in [-0.4, -0.2) is 4.98 Å². The Labute approximate surface area is 181 Å². The van der Waals surface area contributed by atoms with Crippen LogP contribution in [0, 0.1) is 5.82 Å². The van der Waals surface area contributed by atoms with Crippen LogP contribution in [-0.2, 0) is 13.2 Å². The number of hydrogen-bond donors (Lipinski definition) is 0. The first-order valence-corrected chi connectivity index (χ1v) is 9.99. The van der Waals surface area contributed by atoms with E-state index < -0.39 is 0 Å². The minimum atomic E-state index is -0.342. The fraction of sp³-hybridized carbons (Fsp3) is 0.0741. The smallest absolute Gasteiger partial charge is 0.225 e. The molecular weight excluding hydrogens is 389 g/mol. The topological polar surface area (TPSA) is 31.4 Å². The maximum atomic E-state index is 14.1. The van der Waals surface area contributed by atoms with E-state index in [2.05, 4.69) is 11.6 Å². The molecule has 0 amide bonds. The lowest BCUT2D eigenvalue weighted by atomic mass is 10.0. The Kier molecular flexibility index (Phi) is 6.38. The van der Waals surface area contributed by atoms with Gasteiger partial charge in [-0.15, -0.1) is 0 Å². The van der Waals surface area contributed by atoms with Gasteiger partial charge in [-0.3, -0.25) is 0 Å². The third kappa shape index (κ3) is 5.37. The molecule has 0 aliphatic heterocycles. The molecule has 3 aromatic carbocycles. The Morgan fingerprint density at radius 1 is 0.774 bits per heavy atom. The normalized spacial score (nSPS) is 10.5. The number of aromatic nitrogens is 1. The molecule has 3 nitrogen and oxygen atoms in total. The molecular formula is C27H22FNO2. The van der Waals surface area contributed by atoms with Gasteiger partial charge >= 0.3 is 0 Å². The number of benzene rings is 3. The largest absolute Gasteiger partial charge is 0.473 e. The molecule has 0 N–H and O–H groups in total. The van der Waals surface area contributed by atoms with Gasteiger partial charge < -0.3 is 9.47 Å². The summed E-state index contributed by atoms with van der Waals surface area (Å²) in [4.78, 5) is 4.57. The summed E-state index contributed by atoms with van der Waals surface area (Å²) < 4.78 is 26.0. The second kappa shape index (κ2) is 9.72. The predicted molar refractivity (Wildman–Crippen MR) is 121 cm³/mol. The van der Waals surface area contributed by atoms with Gasteiger partial charge in [0, 0.05) is 11.6 Å². The highest BCUT2D eigenvalue weighted by atomic mass is 19.1. The van der Waals surface area contributed by atoms with Crippen molar-refractivity contribution in [1.29, 1.82) is 0 Å². The quantitative estimate of drug-likeness (QED) is 0.324. The Hall–Kier alpha value is -3.92. The number of nitrogens with zero attached hydrogens (tertiary/aromatic N) is 1. The van der Waals surface area contributed by atoms with Crippen molar-refractivity contribution < 1.29 is 13.9 Å². The molecule has 0 saturated carbocycles. The third-order valence-electron chi connectivity index (χ3n) is 4.75. The number of hydrogen-bond acceptors (Lipinski definition) is 3. The first-order valence-electron chi connectivity index (χ1n) is 9.99. The van der Waals surface area contributed by atoms with Crippen LogP contribution in [0.3, 0.4) is 0 Å². The number of halogens is 1. The zero-order valence-electron chi connectivity index (χ0n) is 17.0.